The van der Waals surface area contributed by atoms with Gasteiger partial charge < -0.3 is 14.6 Å². The molecule has 4 saturated carbocycles. The summed E-state index contributed by atoms with van der Waals surface area (Å²) in [7, 11) is 0. The van der Waals surface area contributed by atoms with Gasteiger partial charge in [-0.25, -0.2) is 0 Å². The number of Topliss-reactive ketones (excluding diaryl/α,β-unsaturated/α-hetero) is 1. The molecular weight excluding hydrogens is 364 g/mol. The number of ketones is 1. The molecule has 2 bridgehead atoms. The molecule has 1 saturated heterocycles. The summed E-state index contributed by atoms with van der Waals surface area (Å²) in [5, 5.41) is 10.6. The number of carbonyl (C=O) groups is 1. The molecule has 1 N–H and O–H groups in total. The van der Waals surface area contributed by atoms with Crippen LogP contribution in [-0.2, 0) is 21.4 Å². The number of rotatable bonds is 2. The van der Waals surface area contributed by atoms with Crippen LogP contribution in [0.25, 0.3) is 0 Å². The third-order valence-electron chi connectivity index (χ3n) is 10.4. The summed E-state index contributed by atoms with van der Waals surface area (Å²) < 4.78 is 13.3. The van der Waals surface area contributed by atoms with Gasteiger partial charge in [-0.1, -0.05) is 18.9 Å². The fourth-order valence-electron chi connectivity index (χ4n) is 9.56. The smallest absolute Gasteiger partial charge is 0.174 e. The molecule has 8 rings (SSSR count). The van der Waals surface area contributed by atoms with E-state index in [1.807, 2.05) is 0 Å². The molecule has 4 heteroatoms. The Kier molecular flexibility index (Phi) is 2.62. The Hall–Kier alpha value is -1.55. The topological polar surface area (TPSA) is 55.8 Å². The summed E-state index contributed by atoms with van der Waals surface area (Å²) >= 11 is 0. The minimum atomic E-state index is -0.457. The van der Waals surface area contributed by atoms with Crippen LogP contribution in [0.2, 0.25) is 0 Å². The molecule has 0 radical (unpaired) electrons. The van der Waals surface area contributed by atoms with E-state index in [-0.39, 0.29) is 28.0 Å². The van der Waals surface area contributed by atoms with Crippen molar-refractivity contribution >= 4 is 5.78 Å². The summed E-state index contributed by atoms with van der Waals surface area (Å²) in [4.78, 5) is 13.2. The second-order valence-corrected chi connectivity index (χ2v) is 11.4. The number of ether oxygens (including phenoxy) is 2. The molecule has 7 unspecified atom stereocenters. The molecule has 4 nitrogen and oxygen atoms in total. The van der Waals surface area contributed by atoms with E-state index >= 15 is 0 Å². The average Bonchev–Trinajstić information content (AvgIpc) is 3.25. The van der Waals surface area contributed by atoms with Crippen molar-refractivity contribution < 1.29 is 19.4 Å². The minimum Gasteiger partial charge on any atom is -0.504 e. The lowest BCUT2D eigenvalue weighted by Gasteiger charge is -2.49. The lowest BCUT2D eigenvalue weighted by molar-refractivity contribution is -0.151. The summed E-state index contributed by atoms with van der Waals surface area (Å²) in [6, 6.07) is 3.90. The van der Waals surface area contributed by atoms with E-state index in [1.54, 1.807) is 6.07 Å². The number of phenolic OH excluding ortho intramolecular Hbond substituents is 1. The van der Waals surface area contributed by atoms with Crippen LogP contribution < -0.4 is 4.74 Å². The van der Waals surface area contributed by atoms with Crippen molar-refractivity contribution in [3.63, 3.8) is 0 Å². The summed E-state index contributed by atoms with van der Waals surface area (Å²) in [6.45, 7) is 0.871. The van der Waals surface area contributed by atoms with Gasteiger partial charge in [-0.3, -0.25) is 4.79 Å². The Labute approximate surface area is 171 Å². The SMILES string of the molecule is O=C1CCC23OCC4C(CC5CC5)CCC5(Cc6ccc(O)c7c6C2(C5)C1O7)C43. The molecule has 7 aliphatic rings. The van der Waals surface area contributed by atoms with E-state index in [1.165, 1.54) is 37.7 Å². The van der Waals surface area contributed by atoms with Crippen molar-refractivity contribution in [2.45, 2.75) is 74.9 Å². The van der Waals surface area contributed by atoms with Crippen molar-refractivity contribution in [1.82, 2.24) is 0 Å². The van der Waals surface area contributed by atoms with Crippen LogP contribution in [0.4, 0.5) is 0 Å². The van der Waals surface area contributed by atoms with Crippen LogP contribution in [0.3, 0.4) is 0 Å². The van der Waals surface area contributed by atoms with Gasteiger partial charge in [-0.05, 0) is 73.3 Å². The minimum absolute atomic E-state index is 0.197. The average molecular weight is 392 g/mol. The van der Waals surface area contributed by atoms with Gasteiger partial charge in [0.1, 0.15) is 0 Å². The molecule has 1 aromatic rings. The fourth-order valence-corrected chi connectivity index (χ4v) is 9.56. The van der Waals surface area contributed by atoms with Crippen LogP contribution in [0.5, 0.6) is 11.5 Å². The number of hydrogen-bond donors (Lipinski definition) is 1. The van der Waals surface area contributed by atoms with E-state index in [9.17, 15) is 9.90 Å². The predicted octanol–water partition coefficient (Wildman–Crippen LogP) is 3.91. The predicted molar refractivity (Wildman–Crippen MR) is 105 cm³/mol. The van der Waals surface area contributed by atoms with Crippen LogP contribution in [0, 0.1) is 29.1 Å². The molecule has 29 heavy (non-hydrogen) atoms. The van der Waals surface area contributed by atoms with E-state index in [4.69, 9.17) is 9.47 Å². The maximum Gasteiger partial charge on any atom is 0.174 e. The standard InChI is InChI=1S/C25H28O4/c26-17-4-3-15-10-23-7-5-14(9-13-1-2-13)16-11-28-25(21(16)23)8-6-18(27)22-24(25,12-23)19(15)20(17)29-22/h3-4,13-14,16,21-22,26H,1-2,5-12H2. The van der Waals surface area contributed by atoms with Gasteiger partial charge in [0.25, 0.3) is 0 Å². The molecule has 0 amide bonds. The van der Waals surface area contributed by atoms with Gasteiger partial charge in [0.05, 0.1) is 17.6 Å². The largest absolute Gasteiger partial charge is 0.504 e. The first-order valence-electron chi connectivity index (χ1n) is 11.8. The molecule has 2 aliphatic heterocycles. The lowest BCUT2D eigenvalue weighted by Crippen LogP contribution is -2.62. The molecule has 5 fully saturated rings. The van der Waals surface area contributed by atoms with Gasteiger partial charge in [-0.15, -0.1) is 0 Å². The van der Waals surface area contributed by atoms with Crippen molar-refractivity contribution in [1.29, 1.82) is 0 Å². The van der Waals surface area contributed by atoms with Gasteiger partial charge >= 0.3 is 0 Å². The highest BCUT2D eigenvalue weighted by Gasteiger charge is 2.83. The van der Waals surface area contributed by atoms with E-state index in [0.29, 0.717) is 24.0 Å². The lowest BCUT2D eigenvalue weighted by atomic mass is 9.55. The highest BCUT2D eigenvalue weighted by Crippen LogP contribution is 2.80. The summed E-state index contributed by atoms with van der Waals surface area (Å²) in [6.07, 6.45) is 9.88. The Morgan fingerprint density at radius 3 is 2.93 bits per heavy atom. The number of benzene rings is 1. The summed E-state index contributed by atoms with van der Waals surface area (Å²) in [5.41, 5.74) is 2.09. The van der Waals surface area contributed by atoms with Gasteiger partial charge in [0, 0.05) is 17.9 Å². The number of phenols is 1. The highest BCUT2D eigenvalue weighted by atomic mass is 16.5. The first-order chi connectivity index (χ1) is 14.1. The normalized spacial score (nSPS) is 50.3. The molecular formula is C25H28O4. The first kappa shape index (κ1) is 16.2. The number of carbonyl (C=O) groups excluding carboxylic acids is 1. The maximum atomic E-state index is 13.2. The van der Waals surface area contributed by atoms with Gasteiger partial charge in [-0.2, -0.15) is 0 Å². The van der Waals surface area contributed by atoms with Crippen LogP contribution in [-0.4, -0.2) is 29.2 Å². The molecule has 5 aliphatic carbocycles. The van der Waals surface area contributed by atoms with E-state index in [0.717, 1.165) is 43.3 Å². The van der Waals surface area contributed by atoms with E-state index in [2.05, 4.69) is 6.07 Å². The third kappa shape index (κ3) is 1.57. The Morgan fingerprint density at radius 2 is 2.07 bits per heavy atom. The van der Waals surface area contributed by atoms with Crippen LogP contribution >= 0.6 is 0 Å². The zero-order valence-corrected chi connectivity index (χ0v) is 16.8. The zero-order valence-electron chi connectivity index (χ0n) is 16.8. The van der Waals surface area contributed by atoms with Gasteiger partial charge in [0.2, 0.25) is 0 Å². The van der Waals surface area contributed by atoms with Crippen molar-refractivity contribution in [2.24, 2.45) is 29.1 Å². The Morgan fingerprint density at radius 1 is 1.17 bits per heavy atom. The zero-order chi connectivity index (χ0) is 19.2. The number of hydrogen-bond acceptors (Lipinski definition) is 4. The molecule has 2 heterocycles. The second-order valence-electron chi connectivity index (χ2n) is 11.4. The first-order valence-corrected chi connectivity index (χ1v) is 11.8. The van der Waals surface area contributed by atoms with Crippen molar-refractivity contribution in [2.75, 3.05) is 6.61 Å². The van der Waals surface area contributed by atoms with E-state index < -0.39 is 6.10 Å². The van der Waals surface area contributed by atoms with Crippen molar-refractivity contribution in [3.05, 3.63) is 23.3 Å². The van der Waals surface area contributed by atoms with Crippen LogP contribution in [0.1, 0.15) is 62.5 Å². The maximum absolute atomic E-state index is 13.2. The Bertz CT molecular complexity index is 981. The molecule has 152 valence electrons. The summed E-state index contributed by atoms with van der Waals surface area (Å²) in [5.74, 6) is 3.95. The molecule has 7 atom stereocenters. The Balaban J connectivity index is 1.38. The quantitative estimate of drug-likeness (QED) is 0.829. The number of aromatic hydroxyl groups is 1. The third-order valence-corrected chi connectivity index (χ3v) is 10.4. The second kappa shape index (κ2) is 4.69. The van der Waals surface area contributed by atoms with Gasteiger partial charge in [0.15, 0.2) is 23.4 Å². The highest BCUT2D eigenvalue weighted by molar-refractivity contribution is 5.90. The fraction of sp³-hybridized carbons (Fsp3) is 0.720. The van der Waals surface area contributed by atoms with Crippen molar-refractivity contribution in [3.8, 4) is 11.5 Å². The molecule has 1 aromatic carbocycles. The molecule has 0 aromatic heterocycles. The molecule has 3 spiro atoms. The van der Waals surface area contributed by atoms with Crippen LogP contribution in [0.15, 0.2) is 12.1 Å². The monoisotopic (exact) mass is 392 g/mol.